The first-order valence-corrected chi connectivity index (χ1v) is 5.47. The van der Waals surface area contributed by atoms with Crippen molar-refractivity contribution in [1.82, 2.24) is 24.8 Å². The van der Waals surface area contributed by atoms with Crippen molar-refractivity contribution in [3.63, 3.8) is 0 Å². The van der Waals surface area contributed by atoms with Crippen molar-refractivity contribution in [3.8, 4) is 0 Å². The number of aliphatic hydroxyl groups is 2. The minimum atomic E-state index is -0.730. The van der Waals surface area contributed by atoms with Crippen molar-refractivity contribution in [2.75, 3.05) is 12.3 Å². The van der Waals surface area contributed by atoms with Crippen molar-refractivity contribution in [2.45, 2.75) is 24.7 Å². The Bertz CT molecular complexity index is 572. The normalized spacial score (nSPS) is 28.0. The number of aliphatic hydroxyl groups excluding tert-OH is 2. The van der Waals surface area contributed by atoms with E-state index in [9.17, 15) is 5.11 Å². The van der Waals surface area contributed by atoms with Crippen LogP contribution >= 0.6 is 0 Å². The quantitative estimate of drug-likeness (QED) is 0.575. The summed E-state index contributed by atoms with van der Waals surface area (Å²) in [6, 6.07) is 0. The van der Waals surface area contributed by atoms with E-state index in [0.29, 0.717) is 17.9 Å². The summed E-state index contributed by atoms with van der Waals surface area (Å²) < 4.78 is 6.92. The summed E-state index contributed by atoms with van der Waals surface area (Å²) in [7, 11) is 0. The van der Waals surface area contributed by atoms with Crippen LogP contribution in [0.5, 0.6) is 0 Å². The van der Waals surface area contributed by atoms with Gasteiger partial charge in [0.15, 0.2) is 11.5 Å². The zero-order valence-electron chi connectivity index (χ0n) is 9.34. The number of nitrogens with zero attached hydrogens (tertiary/aromatic N) is 5. The van der Waals surface area contributed by atoms with E-state index in [4.69, 9.17) is 15.6 Å². The minimum Gasteiger partial charge on any atom is -0.394 e. The van der Waals surface area contributed by atoms with Crippen molar-refractivity contribution >= 4 is 11.6 Å². The molecule has 0 unspecified atom stereocenters. The predicted octanol–water partition coefficient (Wildman–Crippen LogP) is -1.72. The fourth-order valence-corrected chi connectivity index (χ4v) is 2.00. The first-order chi connectivity index (χ1) is 8.69. The van der Waals surface area contributed by atoms with Crippen molar-refractivity contribution in [3.05, 3.63) is 12.0 Å². The molecule has 2 aromatic rings. The molecule has 1 aliphatic heterocycles. The molecule has 1 saturated heterocycles. The third-order valence-corrected chi connectivity index (χ3v) is 2.90. The Hall–Kier alpha value is -1.84. The second-order valence-corrected chi connectivity index (χ2v) is 4.09. The molecule has 0 aliphatic carbocycles. The lowest BCUT2D eigenvalue weighted by Gasteiger charge is -2.10. The third-order valence-electron chi connectivity index (χ3n) is 2.90. The highest BCUT2D eigenvalue weighted by molar-refractivity contribution is 5.35. The van der Waals surface area contributed by atoms with E-state index in [1.54, 1.807) is 0 Å². The van der Waals surface area contributed by atoms with Gasteiger partial charge < -0.3 is 20.7 Å². The first kappa shape index (κ1) is 11.3. The number of ether oxygens (including phenoxy) is 1. The average molecular weight is 252 g/mol. The molecule has 0 saturated carbocycles. The lowest BCUT2D eigenvalue weighted by molar-refractivity contribution is -0.0251. The maximum absolute atomic E-state index is 9.68. The van der Waals surface area contributed by atoms with Crippen LogP contribution in [0, 0.1) is 0 Å². The SMILES string of the molecule is Nc1ncc2nnc([C@H]3C[C@H](O)[C@@H](CO)O3)n2n1. The van der Waals surface area contributed by atoms with Gasteiger partial charge in [-0.15, -0.1) is 15.3 Å². The Labute approximate surface area is 101 Å². The van der Waals surface area contributed by atoms with Gasteiger partial charge in [0.25, 0.3) is 0 Å². The highest BCUT2D eigenvalue weighted by Crippen LogP contribution is 2.31. The van der Waals surface area contributed by atoms with E-state index >= 15 is 0 Å². The molecule has 9 nitrogen and oxygen atoms in total. The molecule has 1 aliphatic rings. The van der Waals surface area contributed by atoms with Crippen LogP contribution in [0.2, 0.25) is 0 Å². The zero-order chi connectivity index (χ0) is 12.7. The van der Waals surface area contributed by atoms with Gasteiger partial charge >= 0.3 is 0 Å². The number of aromatic nitrogens is 5. The van der Waals surface area contributed by atoms with Gasteiger partial charge in [-0.3, -0.25) is 0 Å². The van der Waals surface area contributed by atoms with Crippen LogP contribution < -0.4 is 5.73 Å². The third kappa shape index (κ3) is 1.68. The van der Waals surface area contributed by atoms with Gasteiger partial charge in [-0.2, -0.15) is 4.52 Å². The molecule has 2 aromatic heterocycles. The van der Waals surface area contributed by atoms with Crippen LogP contribution in [-0.4, -0.2) is 53.8 Å². The van der Waals surface area contributed by atoms with Crippen LogP contribution in [0.4, 0.5) is 5.95 Å². The maximum atomic E-state index is 9.68. The van der Waals surface area contributed by atoms with E-state index in [-0.39, 0.29) is 12.6 Å². The number of nitrogen functional groups attached to an aromatic ring is 1. The average Bonchev–Trinajstić information content (AvgIpc) is 2.91. The summed E-state index contributed by atoms with van der Waals surface area (Å²) in [5, 5.41) is 30.6. The lowest BCUT2D eigenvalue weighted by Crippen LogP contribution is -2.24. The van der Waals surface area contributed by atoms with Crippen molar-refractivity contribution < 1.29 is 14.9 Å². The summed E-state index contributed by atoms with van der Waals surface area (Å²) in [5.74, 6) is 0.537. The number of hydrogen-bond acceptors (Lipinski definition) is 8. The molecule has 0 amide bonds. The van der Waals surface area contributed by atoms with Gasteiger partial charge in [0.2, 0.25) is 5.95 Å². The molecule has 4 N–H and O–H groups in total. The maximum Gasteiger partial charge on any atom is 0.238 e. The van der Waals surface area contributed by atoms with E-state index in [1.807, 2.05) is 0 Å². The van der Waals surface area contributed by atoms with Gasteiger partial charge in [-0.05, 0) is 0 Å². The summed E-state index contributed by atoms with van der Waals surface area (Å²) in [5.41, 5.74) is 5.95. The Balaban J connectivity index is 1.98. The van der Waals surface area contributed by atoms with Crippen LogP contribution in [0.3, 0.4) is 0 Å². The van der Waals surface area contributed by atoms with E-state index < -0.39 is 18.3 Å². The van der Waals surface area contributed by atoms with Gasteiger partial charge in [0, 0.05) is 6.42 Å². The summed E-state index contributed by atoms with van der Waals surface area (Å²) in [6.45, 7) is -0.245. The van der Waals surface area contributed by atoms with Crippen LogP contribution in [-0.2, 0) is 4.74 Å². The Kier molecular flexibility index (Phi) is 2.58. The molecule has 0 spiro atoms. The molecule has 0 radical (unpaired) electrons. The smallest absolute Gasteiger partial charge is 0.238 e. The van der Waals surface area contributed by atoms with E-state index in [1.165, 1.54) is 10.7 Å². The van der Waals surface area contributed by atoms with Gasteiger partial charge in [-0.25, -0.2) is 4.98 Å². The number of rotatable bonds is 2. The second kappa shape index (κ2) is 4.12. The van der Waals surface area contributed by atoms with E-state index in [2.05, 4.69) is 20.3 Å². The minimum absolute atomic E-state index is 0.0980. The van der Waals surface area contributed by atoms with Crippen molar-refractivity contribution in [1.29, 1.82) is 0 Å². The highest BCUT2D eigenvalue weighted by Gasteiger charge is 2.37. The molecule has 3 atom stereocenters. The molecule has 18 heavy (non-hydrogen) atoms. The molecule has 3 rings (SSSR count). The zero-order valence-corrected chi connectivity index (χ0v) is 9.34. The Morgan fingerprint density at radius 1 is 1.50 bits per heavy atom. The highest BCUT2D eigenvalue weighted by atomic mass is 16.5. The number of anilines is 1. The number of hydrogen-bond donors (Lipinski definition) is 3. The molecule has 0 aromatic carbocycles. The van der Waals surface area contributed by atoms with Gasteiger partial charge in [-0.1, -0.05) is 0 Å². The predicted molar refractivity (Wildman–Crippen MR) is 58.3 cm³/mol. The molecule has 9 heteroatoms. The first-order valence-electron chi connectivity index (χ1n) is 5.47. The van der Waals surface area contributed by atoms with Crippen LogP contribution in [0.15, 0.2) is 6.20 Å². The summed E-state index contributed by atoms with van der Waals surface area (Å²) >= 11 is 0. The topological polar surface area (TPSA) is 132 Å². The van der Waals surface area contributed by atoms with Gasteiger partial charge in [0.1, 0.15) is 12.2 Å². The van der Waals surface area contributed by atoms with Crippen LogP contribution in [0.25, 0.3) is 5.65 Å². The molecule has 1 fully saturated rings. The molecule has 3 heterocycles. The monoisotopic (exact) mass is 252 g/mol. The number of fused-ring (bicyclic) bond motifs is 1. The molecular weight excluding hydrogens is 240 g/mol. The number of nitrogens with two attached hydrogens (primary N) is 1. The Morgan fingerprint density at radius 3 is 3.06 bits per heavy atom. The fourth-order valence-electron chi connectivity index (χ4n) is 2.00. The Morgan fingerprint density at radius 2 is 2.33 bits per heavy atom. The van der Waals surface area contributed by atoms with Gasteiger partial charge in [0.05, 0.1) is 18.9 Å². The largest absolute Gasteiger partial charge is 0.394 e. The molecular formula is C9H12N6O3. The molecule has 0 bridgehead atoms. The van der Waals surface area contributed by atoms with E-state index in [0.717, 1.165) is 0 Å². The standard InChI is InChI=1S/C9H12N6O3/c10-9-11-2-7-12-13-8(15(7)14-9)5-1-4(17)6(3-16)18-5/h2,4-6,16-17H,1,3H2,(H2,10,14)/t4-,5+,6+/m0/s1. The fraction of sp³-hybridized carbons (Fsp3) is 0.556. The second-order valence-electron chi connectivity index (χ2n) is 4.09. The van der Waals surface area contributed by atoms with Crippen LogP contribution in [0.1, 0.15) is 18.3 Å². The lowest BCUT2D eigenvalue weighted by atomic mass is 10.1. The summed E-state index contributed by atoms with van der Waals surface area (Å²) in [6.07, 6.45) is -0.0292. The van der Waals surface area contributed by atoms with Crippen molar-refractivity contribution in [2.24, 2.45) is 0 Å². The summed E-state index contributed by atoms with van der Waals surface area (Å²) in [4.78, 5) is 3.81. The molecule has 96 valence electrons.